The summed E-state index contributed by atoms with van der Waals surface area (Å²) in [5, 5.41) is 3.29. The average Bonchev–Trinajstić information content (AvgIpc) is 2.29. The van der Waals surface area contributed by atoms with Gasteiger partial charge < -0.3 is 10.1 Å². The summed E-state index contributed by atoms with van der Waals surface area (Å²) in [6, 6.07) is 7.80. The van der Waals surface area contributed by atoms with Crippen molar-refractivity contribution < 1.29 is 13.5 Å². The van der Waals surface area contributed by atoms with Gasteiger partial charge >= 0.3 is 0 Å². The van der Waals surface area contributed by atoms with Crippen LogP contribution in [-0.2, 0) is 17.9 Å². The first kappa shape index (κ1) is 14.1. The van der Waals surface area contributed by atoms with Gasteiger partial charge in [-0.1, -0.05) is 31.2 Å². The van der Waals surface area contributed by atoms with E-state index in [1.165, 1.54) is 0 Å². The van der Waals surface area contributed by atoms with E-state index in [-0.39, 0.29) is 6.61 Å². The zero-order chi connectivity index (χ0) is 12.5. The van der Waals surface area contributed by atoms with Gasteiger partial charge in [-0.3, -0.25) is 0 Å². The highest BCUT2D eigenvalue weighted by atomic mass is 19.3. The van der Waals surface area contributed by atoms with Gasteiger partial charge in [-0.25, -0.2) is 8.78 Å². The van der Waals surface area contributed by atoms with Gasteiger partial charge in [-0.15, -0.1) is 0 Å². The van der Waals surface area contributed by atoms with Crippen LogP contribution in [0.4, 0.5) is 8.78 Å². The van der Waals surface area contributed by atoms with Crippen LogP contribution in [0, 0.1) is 0 Å². The molecule has 17 heavy (non-hydrogen) atoms. The van der Waals surface area contributed by atoms with Gasteiger partial charge in [0.25, 0.3) is 6.43 Å². The first-order chi connectivity index (χ1) is 8.22. The summed E-state index contributed by atoms with van der Waals surface area (Å²) >= 11 is 0. The van der Waals surface area contributed by atoms with Crippen LogP contribution in [0.5, 0.6) is 0 Å². The molecule has 0 aliphatic carbocycles. The van der Waals surface area contributed by atoms with Gasteiger partial charge in [0.05, 0.1) is 6.61 Å². The van der Waals surface area contributed by atoms with Gasteiger partial charge in [-0.2, -0.15) is 0 Å². The summed E-state index contributed by atoms with van der Waals surface area (Å²) in [6.07, 6.45) is -1.30. The van der Waals surface area contributed by atoms with Crippen molar-refractivity contribution in [2.75, 3.05) is 13.2 Å². The van der Waals surface area contributed by atoms with Crippen molar-refractivity contribution in [1.82, 2.24) is 5.32 Å². The van der Waals surface area contributed by atoms with E-state index in [4.69, 9.17) is 4.74 Å². The molecule has 0 aromatic heterocycles. The minimum atomic E-state index is -2.40. The Morgan fingerprint density at radius 3 is 2.76 bits per heavy atom. The molecule has 4 heteroatoms. The maximum Gasteiger partial charge on any atom is 0.261 e. The Morgan fingerprint density at radius 2 is 2.06 bits per heavy atom. The molecule has 0 atom stereocenters. The number of nitrogens with one attached hydrogen (secondary N) is 1. The smallest absolute Gasteiger partial charge is 0.261 e. The molecule has 0 spiro atoms. The maximum atomic E-state index is 11.9. The molecule has 0 saturated heterocycles. The molecule has 1 aromatic carbocycles. The van der Waals surface area contributed by atoms with Gasteiger partial charge in [0.2, 0.25) is 0 Å². The lowest BCUT2D eigenvalue weighted by atomic mass is 10.1. The van der Waals surface area contributed by atoms with Crippen molar-refractivity contribution in [3.8, 4) is 0 Å². The number of hydrogen-bond acceptors (Lipinski definition) is 2. The van der Waals surface area contributed by atoms with Crippen molar-refractivity contribution in [2.45, 2.75) is 32.9 Å². The summed E-state index contributed by atoms with van der Waals surface area (Å²) in [4.78, 5) is 0. The molecule has 96 valence electrons. The topological polar surface area (TPSA) is 21.3 Å². The van der Waals surface area contributed by atoms with Crippen LogP contribution in [0.1, 0.15) is 24.5 Å². The quantitative estimate of drug-likeness (QED) is 0.709. The number of halogens is 2. The van der Waals surface area contributed by atoms with Crippen LogP contribution < -0.4 is 5.32 Å². The standard InChI is InChI=1S/C13H19F2NO/c1-2-6-16-8-11-4-3-5-12(7-11)9-17-10-13(14)15/h3-5,7,13,16H,2,6,8-10H2,1H3. The lowest BCUT2D eigenvalue weighted by Crippen LogP contribution is -2.13. The monoisotopic (exact) mass is 243 g/mol. The summed E-state index contributed by atoms with van der Waals surface area (Å²) in [5.41, 5.74) is 2.08. The number of benzene rings is 1. The maximum absolute atomic E-state index is 11.9. The zero-order valence-corrected chi connectivity index (χ0v) is 10.1. The molecule has 1 rings (SSSR count). The second-order valence-electron chi connectivity index (χ2n) is 3.90. The molecule has 0 aliphatic heterocycles. The van der Waals surface area contributed by atoms with Crippen LogP contribution in [0.2, 0.25) is 0 Å². The van der Waals surface area contributed by atoms with Gasteiger partial charge in [0.1, 0.15) is 6.61 Å². The van der Waals surface area contributed by atoms with Crippen LogP contribution in [0.3, 0.4) is 0 Å². The molecule has 2 nitrogen and oxygen atoms in total. The van der Waals surface area contributed by atoms with E-state index in [9.17, 15) is 8.78 Å². The second-order valence-corrected chi connectivity index (χ2v) is 3.90. The van der Waals surface area contributed by atoms with Crippen molar-refractivity contribution >= 4 is 0 Å². The fourth-order valence-corrected chi connectivity index (χ4v) is 1.50. The first-order valence-corrected chi connectivity index (χ1v) is 5.86. The predicted octanol–water partition coefficient (Wildman–Crippen LogP) is 2.97. The molecular weight excluding hydrogens is 224 g/mol. The second kappa shape index (κ2) is 8.14. The van der Waals surface area contributed by atoms with Crippen LogP contribution in [-0.4, -0.2) is 19.6 Å². The zero-order valence-electron chi connectivity index (χ0n) is 10.1. The fraction of sp³-hybridized carbons (Fsp3) is 0.538. The third-order valence-electron chi connectivity index (χ3n) is 2.26. The summed E-state index contributed by atoms with van der Waals surface area (Å²) in [5.74, 6) is 0. The van der Waals surface area contributed by atoms with Crippen LogP contribution >= 0.6 is 0 Å². The summed E-state index contributed by atoms with van der Waals surface area (Å²) in [7, 11) is 0. The Balaban J connectivity index is 2.37. The minimum absolute atomic E-state index is 0.242. The Kier molecular flexibility index (Phi) is 6.74. The third kappa shape index (κ3) is 6.34. The normalized spacial score (nSPS) is 11.1. The van der Waals surface area contributed by atoms with Gasteiger partial charge in [-0.05, 0) is 24.1 Å². The van der Waals surface area contributed by atoms with Crippen LogP contribution in [0.25, 0.3) is 0 Å². The van der Waals surface area contributed by atoms with Crippen molar-refractivity contribution in [1.29, 1.82) is 0 Å². The molecule has 1 aromatic rings. The van der Waals surface area contributed by atoms with Crippen LogP contribution in [0.15, 0.2) is 24.3 Å². The lowest BCUT2D eigenvalue weighted by Gasteiger charge is -2.07. The Labute approximate surface area is 101 Å². The van der Waals surface area contributed by atoms with E-state index >= 15 is 0 Å². The molecule has 1 N–H and O–H groups in total. The molecule has 0 bridgehead atoms. The highest BCUT2D eigenvalue weighted by molar-refractivity contribution is 5.22. The van der Waals surface area contributed by atoms with E-state index in [1.807, 2.05) is 24.3 Å². The predicted molar refractivity (Wildman–Crippen MR) is 64.1 cm³/mol. The molecule has 0 amide bonds. The largest absolute Gasteiger partial charge is 0.371 e. The Morgan fingerprint density at radius 1 is 1.29 bits per heavy atom. The van der Waals surface area contributed by atoms with Gasteiger partial charge in [0, 0.05) is 6.54 Å². The average molecular weight is 243 g/mol. The molecule has 0 fully saturated rings. The molecule has 0 aliphatic rings. The minimum Gasteiger partial charge on any atom is -0.371 e. The van der Waals surface area contributed by atoms with Crippen molar-refractivity contribution in [3.05, 3.63) is 35.4 Å². The highest BCUT2D eigenvalue weighted by Gasteiger charge is 2.02. The molecule has 0 heterocycles. The summed E-state index contributed by atoms with van der Waals surface area (Å²) < 4.78 is 28.7. The van der Waals surface area contributed by atoms with Gasteiger partial charge in [0.15, 0.2) is 0 Å². The van der Waals surface area contributed by atoms with Crippen molar-refractivity contribution in [3.63, 3.8) is 0 Å². The number of alkyl halides is 2. The number of rotatable bonds is 8. The van der Waals surface area contributed by atoms with E-state index in [0.717, 1.165) is 30.6 Å². The Bertz CT molecular complexity index is 318. The fourth-order valence-electron chi connectivity index (χ4n) is 1.50. The van der Waals surface area contributed by atoms with E-state index in [0.29, 0.717) is 0 Å². The summed E-state index contributed by atoms with van der Waals surface area (Å²) in [6.45, 7) is 3.63. The highest BCUT2D eigenvalue weighted by Crippen LogP contribution is 2.07. The Hall–Kier alpha value is -1.00. The van der Waals surface area contributed by atoms with Crippen molar-refractivity contribution in [2.24, 2.45) is 0 Å². The van der Waals surface area contributed by atoms with E-state index in [2.05, 4.69) is 12.2 Å². The van der Waals surface area contributed by atoms with E-state index < -0.39 is 13.0 Å². The first-order valence-electron chi connectivity index (χ1n) is 5.86. The molecule has 0 radical (unpaired) electrons. The SMILES string of the molecule is CCCNCc1cccc(COCC(F)F)c1. The molecule has 0 unspecified atom stereocenters. The molecule has 0 saturated carbocycles. The lowest BCUT2D eigenvalue weighted by molar-refractivity contribution is 0.00986. The van der Waals surface area contributed by atoms with E-state index in [1.54, 1.807) is 0 Å². The number of hydrogen-bond donors (Lipinski definition) is 1. The molecular formula is C13H19F2NO. The third-order valence-corrected chi connectivity index (χ3v) is 2.26. The number of ether oxygens (including phenoxy) is 1.